The number of carbonyl (C=O) groups excluding carboxylic acids is 1. The van der Waals surface area contributed by atoms with Crippen LogP contribution in [0.1, 0.15) is 26.7 Å². The zero-order chi connectivity index (χ0) is 14.7. The van der Waals surface area contributed by atoms with Crippen molar-refractivity contribution in [3.05, 3.63) is 0 Å². The molecule has 0 radical (unpaired) electrons. The van der Waals surface area contributed by atoms with Crippen LogP contribution in [-0.4, -0.2) is 79.0 Å². The molecule has 0 spiro atoms. The molecule has 0 unspecified atom stereocenters. The number of rotatable bonds is 3. The minimum atomic E-state index is -0.343. The molecule has 0 aliphatic carbocycles. The van der Waals surface area contributed by atoms with E-state index in [1.165, 1.54) is 25.9 Å². The summed E-state index contributed by atoms with van der Waals surface area (Å²) in [4.78, 5) is 19.2. The minimum absolute atomic E-state index is 0.128. The first-order valence-electron chi connectivity index (χ1n) is 7.96. The van der Waals surface area contributed by atoms with Crippen molar-refractivity contribution in [2.24, 2.45) is 11.7 Å². The summed E-state index contributed by atoms with van der Waals surface area (Å²) in [5.41, 5.74) is 5.97. The van der Waals surface area contributed by atoms with Gasteiger partial charge in [0.1, 0.15) is 0 Å². The van der Waals surface area contributed by atoms with Crippen LogP contribution in [-0.2, 0) is 4.79 Å². The molecule has 1 amide bonds. The average molecular weight is 282 g/mol. The molecule has 2 aliphatic rings. The molecule has 2 fully saturated rings. The fraction of sp³-hybridized carbons (Fsp3) is 0.933. The van der Waals surface area contributed by atoms with Crippen molar-refractivity contribution in [2.45, 2.75) is 38.8 Å². The highest BCUT2D eigenvalue weighted by Gasteiger charge is 2.30. The maximum absolute atomic E-state index is 12.2. The van der Waals surface area contributed by atoms with E-state index in [2.05, 4.69) is 16.8 Å². The van der Waals surface area contributed by atoms with Gasteiger partial charge in [-0.2, -0.15) is 0 Å². The molecule has 0 saturated carbocycles. The van der Waals surface area contributed by atoms with E-state index in [1.807, 2.05) is 18.7 Å². The first-order valence-corrected chi connectivity index (χ1v) is 7.96. The number of hydrogen-bond acceptors (Lipinski definition) is 4. The molecule has 2 N–H and O–H groups in total. The highest BCUT2D eigenvalue weighted by Crippen LogP contribution is 2.18. The van der Waals surface area contributed by atoms with Gasteiger partial charge in [-0.15, -0.1) is 0 Å². The van der Waals surface area contributed by atoms with Gasteiger partial charge in [0.2, 0.25) is 5.91 Å². The van der Waals surface area contributed by atoms with Crippen LogP contribution in [0.2, 0.25) is 0 Å². The van der Waals surface area contributed by atoms with Crippen LogP contribution in [0.4, 0.5) is 0 Å². The Morgan fingerprint density at radius 1 is 1.05 bits per heavy atom. The lowest BCUT2D eigenvalue weighted by molar-refractivity contribution is -0.135. The first kappa shape index (κ1) is 15.7. The number of amides is 1. The summed E-state index contributed by atoms with van der Waals surface area (Å²) in [6.07, 6.45) is 2.52. The van der Waals surface area contributed by atoms with Gasteiger partial charge in [-0.25, -0.2) is 0 Å². The van der Waals surface area contributed by atoms with Gasteiger partial charge in [0.15, 0.2) is 0 Å². The zero-order valence-electron chi connectivity index (χ0n) is 13.2. The number of hydrogen-bond donors (Lipinski definition) is 1. The topological polar surface area (TPSA) is 52.8 Å². The molecular formula is C15H30N4O. The molecule has 2 aliphatic heterocycles. The molecule has 5 nitrogen and oxygen atoms in total. The maximum Gasteiger partial charge on any atom is 0.239 e. The monoisotopic (exact) mass is 282 g/mol. The first-order chi connectivity index (χ1) is 9.49. The summed E-state index contributed by atoms with van der Waals surface area (Å²) < 4.78 is 0. The standard InChI is InChI=1S/C15H30N4O/c1-12(2)14(16)15(20)19-10-8-18(9-11-19)13-4-6-17(3)7-5-13/h12-14H,4-11,16H2,1-3H3/t14-/m1/s1. The van der Waals surface area contributed by atoms with Crippen LogP contribution in [0.15, 0.2) is 0 Å². The van der Waals surface area contributed by atoms with Crippen molar-refractivity contribution in [3.63, 3.8) is 0 Å². The Morgan fingerprint density at radius 3 is 2.10 bits per heavy atom. The van der Waals surface area contributed by atoms with Gasteiger partial charge < -0.3 is 15.5 Å². The van der Waals surface area contributed by atoms with Crippen molar-refractivity contribution in [3.8, 4) is 0 Å². The highest BCUT2D eigenvalue weighted by atomic mass is 16.2. The van der Waals surface area contributed by atoms with Crippen molar-refractivity contribution >= 4 is 5.91 Å². The second-order valence-corrected chi connectivity index (χ2v) is 6.67. The quantitative estimate of drug-likeness (QED) is 0.804. The van der Waals surface area contributed by atoms with E-state index in [9.17, 15) is 4.79 Å². The third-order valence-corrected chi connectivity index (χ3v) is 4.83. The number of likely N-dealkylation sites (tertiary alicyclic amines) is 1. The second-order valence-electron chi connectivity index (χ2n) is 6.67. The average Bonchev–Trinajstić information content (AvgIpc) is 2.46. The van der Waals surface area contributed by atoms with Crippen molar-refractivity contribution < 1.29 is 4.79 Å². The zero-order valence-corrected chi connectivity index (χ0v) is 13.2. The van der Waals surface area contributed by atoms with E-state index in [4.69, 9.17) is 5.73 Å². The number of nitrogens with zero attached hydrogens (tertiary/aromatic N) is 3. The lowest BCUT2D eigenvalue weighted by Gasteiger charge is -2.42. The van der Waals surface area contributed by atoms with Crippen LogP contribution >= 0.6 is 0 Å². The van der Waals surface area contributed by atoms with Gasteiger partial charge in [0, 0.05) is 32.2 Å². The van der Waals surface area contributed by atoms with Gasteiger partial charge in [0.05, 0.1) is 6.04 Å². The number of piperazine rings is 1. The molecule has 0 bridgehead atoms. The predicted octanol–water partition coefficient (Wildman–Crippen LogP) is 0.208. The third-order valence-electron chi connectivity index (χ3n) is 4.83. The smallest absolute Gasteiger partial charge is 0.239 e. The van der Waals surface area contributed by atoms with E-state index in [0.717, 1.165) is 26.2 Å². The molecule has 0 aromatic heterocycles. The number of carbonyl (C=O) groups is 1. The Hall–Kier alpha value is -0.650. The SMILES string of the molecule is CC(C)[C@@H](N)C(=O)N1CCN(C2CCN(C)CC2)CC1. The molecule has 20 heavy (non-hydrogen) atoms. The summed E-state index contributed by atoms with van der Waals surface area (Å²) in [6.45, 7) is 10.1. The van der Waals surface area contributed by atoms with E-state index in [0.29, 0.717) is 6.04 Å². The molecular weight excluding hydrogens is 252 g/mol. The van der Waals surface area contributed by atoms with Crippen molar-refractivity contribution in [1.82, 2.24) is 14.7 Å². The lowest BCUT2D eigenvalue weighted by Crippen LogP contribution is -2.57. The minimum Gasteiger partial charge on any atom is -0.339 e. The molecule has 0 aromatic carbocycles. The summed E-state index contributed by atoms with van der Waals surface area (Å²) in [6, 6.07) is 0.368. The van der Waals surface area contributed by atoms with E-state index < -0.39 is 0 Å². The Bertz CT molecular complexity index is 318. The Balaban J connectivity index is 1.79. The maximum atomic E-state index is 12.2. The van der Waals surface area contributed by atoms with E-state index in [1.54, 1.807) is 0 Å². The molecule has 5 heteroatoms. The van der Waals surface area contributed by atoms with E-state index in [-0.39, 0.29) is 17.9 Å². The predicted molar refractivity (Wildman–Crippen MR) is 81.5 cm³/mol. The third kappa shape index (κ3) is 3.71. The molecule has 2 rings (SSSR count). The van der Waals surface area contributed by atoms with Crippen LogP contribution in [0.3, 0.4) is 0 Å². The van der Waals surface area contributed by atoms with Crippen molar-refractivity contribution in [2.75, 3.05) is 46.3 Å². The van der Waals surface area contributed by atoms with Gasteiger partial charge in [-0.1, -0.05) is 13.8 Å². The summed E-state index contributed by atoms with van der Waals surface area (Å²) in [5.74, 6) is 0.345. The van der Waals surface area contributed by atoms with Crippen LogP contribution < -0.4 is 5.73 Å². The molecule has 2 heterocycles. The van der Waals surface area contributed by atoms with Crippen LogP contribution in [0.25, 0.3) is 0 Å². The fourth-order valence-electron chi connectivity index (χ4n) is 3.16. The highest BCUT2D eigenvalue weighted by molar-refractivity contribution is 5.82. The summed E-state index contributed by atoms with van der Waals surface area (Å²) in [5, 5.41) is 0. The summed E-state index contributed by atoms with van der Waals surface area (Å²) >= 11 is 0. The molecule has 2 saturated heterocycles. The van der Waals surface area contributed by atoms with Gasteiger partial charge in [-0.3, -0.25) is 9.69 Å². The van der Waals surface area contributed by atoms with Gasteiger partial charge >= 0.3 is 0 Å². The number of nitrogens with two attached hydrogens (primary N) is 1. The summed E-state index contributed by atoms with van der Waals surface area (Å²) in [7, 11) is 2.19. The van der Waals surface area contributed by atoms with Gasteiger partial charge in [0.25, 0.3) is 0 Å². The van der Waals surface area contributed by atoms with Crippen molar-refractivity contribution in [1.29, 1.82) is 0 Å². The van der Waals surface area contributed by atoms with Crippen LogP contribution in [0, 0.1) is 5.92 Å². The Morgan fingerprint density at radius 2 is 1.60 bits per heavy atom. The Labute approximate surface area is 123 Å². The Kier molecular flexibility index (Phi) is 5.41. The largest absolute Gasteiger partial charge is 0.339 e. The van der Waals surface area contributed by atoms with E-state index >= 15 is 0 Å². The molecule has 0 aromatic rings. The number of piperidine rings is 1. The lowest BCUT2D eigenvalue weighted by atomic mass is 10.0. The van der Waals surface area contributed by atoms with Gasteiger partial charge in [-0.05, 0) is 38.9 Å². The molecule has 116 valence electrons. The normalized spacial score (nSPS) is 25.1. The molecule has 1 atom stereocenters. The fourth-order valence-corrected chi connectivity index (χ4v) is 3.16. The second kappa shape index (κ2) is 6.87. The van der Waals surface area contributed by atoms with Crippen LogP contribution in [0.5, 0.6) is 0 Å².